The summed E-state index contributed by atoms with van der Waals surface area (Å²) in [5, 5.41) is 1.08. The van der Waals surface area contributed by atoms with E-state index in [1.165, 1.54) is 0 Å². The van der Waals surface area contributed by atoms with Gasteiger partial charge in [-0.05, 0) is 24.1 Å². The van der Waals surface area contributed by atoms with E-state index in [1.807, 2.05) is 6.07 Å². The lowest BCUT2D eigenvalue weighted by Gasteiger charge is -2.15. The standard InChI is InChI=1S/C12H12Cl3NO/c13-9-3-4-16(7-9)12(17)6-8-1-2-10(14)11(15)5-8/h1-2,5,9H,3-4,6-7H2. The molecule has 1 atom stereocenters. The number of hydrogen-bond acceptors (Lipinski definition) is 1. The summed E-state index contributed by atoms with van der Waals surface area (Å²) in [5.74, 6) is 0.0894. The molecule has 1 aromatic carbocycles. The Labute approximate surface area is 115 Å². The Balaban J connectivity index is 2.00. The second-order valence-electron chi connectivity index (χ2n) is 4.15. The van der Waals surface area contributed by atoms with Crippen molar-refractivity contribution in [1.82, 2.24) is 4.90 Å². The fourth-order valence-electron chi connectivity index (χ4n) is 1.88. The lowest BCUT2D eigenvalue weighted by atomic mass is 10.1. The van der Waals surface area contributed by atoms with Gasteiger partial charge in [0.25, 0.3) is 0 Å². The number of amides is 1. The van der Waals surface area contributed by atoms with Gasteiger partial charge in [0.05, 0.1) is 21.8 Å². The molecule has 0 spiro atoms. The van der Waals surface area contributed by atoms with Crippen LogP contribution in [0.15, 0.2) is 18.2 Å². The first-order valence-electron chi connectivity index (χ1n) is 5.42. The van der Waals surface area contributed by atoms with Crippen LogP contribution in [0.2, 0.25) is 10.0 Å². The van der Waals surface area contributed by atoms with Gasteiger partial charge in [-0.25, -0.2) is 0 Å². The van der Waals surface area contributed by atoms with Crippen molar-refractivity contribution >= 4 is 40.7 Å². The van der Waals surface area contributed by atoms with Gasteiger partial charge in [-0.3, -0.25) is 4.79 Å². The molecule has 1 fully saturated rings. The monoisotopic (exact) mass is 291 g/mol. The van der Waals surface area contributed by atoms with Crippen LogP contribution < -0.4 is 0 Å². The fraction of sp³-hybridized carbons (Fsp3) is 0.417. The molecule has 0 bridgehead atoms. The Kier molecular flexibility index (Phi) is 4.18. The van der Waals surface area contributed by atoms with Gasteiger partial charge in [0.2, 0.25) is 5.91 Å². The van der Waals surface area contributed by atoms with E-state index < -0.39 is 0 Å². The second kappa shape index (κ2) is 5.47. The Morgan fingerprint density at radius 1 is 1.35 bits per heavy atom. The number of benzene rings is 1. The van der Waals surface area contributed by atoms with Gasteiger partial charge in [-0.1, -0.05) is 29.3 Å². The summed E-state index contributed by atoms with van der Waals surface area (Å²) < 4.78 is 0. The van der Waals surface area contributed by atoms with Gasteiger partial charge in [-0.2, -0.15) is 0 Å². The second-order valence-corrected chi connectivity index (χ2v) is 5.58. The van der Waals surface area contributed by atoms with Crippen LogP contribution in [0, 0.1) is 0 Å². The van der Waals surface area contributed by atoms with Crippen LogP contribution in [-0.2, 0) is 11.2 Å². The highest BCUT2D eigenvalue weighted by molar-refractivity contribution is 6.42. The predicted octanol–water partition coefficient (Wildman–Crippen LogP) is 3.38. The van der Waals surface area contributed by atoms with E-state index in [4.69, 9.17) is 34.8 Å². The summed E-state index contributed by atoms with van der Waals surface area (Å²) in [4.78, 5) is 13.7. The van der Waals surface area contributed by atoms with Gasteiger partial charge in [0.15, 0.2) is 0 Å². The van der Waals surface area contributed by atoms with Gasteiger partial charge < -0.3 is 4.90 Å². The molecule has 1 amide bonds. The third-order valence-electron chi connectivity index (χ3n) is 2.82. The lowest BCUT2D eigenvalue weighted by Crippen LogP contribution is -2.30. The summed E-state index contributed by atoms with van der Waals surface area (Å²) >= 11 is 17.7. The average Bonchev–Trinajstić information content (AvgIpc) is 2.70. The third-order valence-corrected chi connectivity index (χ3v) is 3.92. The van der Waals surface area contributed by atoms with Crippen LogP contribution in [-0.4, -0.2) is 29.3 Å². The van der Waals surface area contributed by atoms with Crippen molar-refractivity contribution in [2.45, 2.75) is 18.2 Å². The van der Waals surface area contributed by atoms with Crippen molar-refractivity contribution < 1.29 is 4.79 Å². The minimum Gasteiger partial charge on any atom is -0.341 e. The lowest BCUT2D eigenvalue weighted by molar-refractivity contribution is -0.129. The summed E-state index contributed by atoms with van der Waals surface area (Å²) in [6.45, 7) is 1.38. The van der Waals surface area contributed by atoms with Crippen LogP contribution in [0.4, 0.5) is 0 Å². The van der Waals surface area contributed by atoms with E-state index in [2.05, 4.69) is 0 Å². The molecule has 2 nitrogen and oxygen atoms in total. The molecule has 1 saturated heterocycles. The normalized spacial score (nSPS) is 19.7. The molecule has 0 radical (unpaired) electrons. The average molecular weight is 293 g/mol. The number of rotatable bonds is 2. The number of halogens is 3. The van der Waals surface area contributed by atoms with Crippen molar-refractivity contribution in [3.05, 3.63) is 33.8 Å². The molecular weight excluding hydrogens is 280 g/mol. The van der Waals surface area contributed by atoms with Crippen LogP contribution in [0.5, 0.6) is 0 Å². The highest BCUT2D eigenvalue weighted by Crippen LogP contribution is 2.23. The predicted molar refractivity (Wildman–Crippen MR) is 71.0 cm³/mol. The topological polar surface area (TPSA) is 20.3 Å². The molecule has 0 aromatic heterocycles. The maximum atomic E-state index is 11.9. The zero-order valence-electron chi connectivity index (χ0n) is 9.13. The molecule has 0 saturated carbocycles. The smallest absolute Gasteiger partial charge is 0.227 e. The van der Waals surface area contributed by atoms with Gasteiger partial charge >= 0.3 is 0 Å². The third kappa shape index (κ3) is 3.27. The first-order valence-corrected chi connectivity index (χ1v) is 6.61. The quantitative estimate of drug-likeness (QED) is 0.765. The number of carbonyl (C=O) groups is 1. The molecule has 92 valence electrons. The molecule has 1 aliphatic heterocycles. The van der Waals surface area contributed by atoms with Crippen molar-refractivity contribution in [1.29, 1.82) is 0 Å². The summed E-state index contributed by atoms with van der Waals surface area (Å²) in [7, 11) is 0. The highest BCUT2D eigenvalue weighted by Gasteiger charge is 2.24. The molecular formula is C12H12Cl3NO. The van der Waals surface area contributed by atoms with E-state index in [0.29, 0.717) is 23.0 Å². The Hall–Kier alpha value is -0.440. The number of carbonyl (C=O) groups excluding carboxylic acids is 1. The summed E-state index contributed by atoms with van der Waals surface area (Å²) in [5.41, 5.74) is 0.877. The van der Waals surface area contributed by atoms with Crippen LogP contribution in [0.1, 0.15) is 12.0 Å². The SMILES string of the molecule is O=C(Cc1ccc(Cl)c(Cl)c1)N1CCC(Cl)C1. The first-order chi connectivity index (χ1) is 8.06. The molecule has 1 aliphatic rings. The molecule has 17 heavy (non-hydrogen) atoms. The number of likely N-dealkylation sites (tertiary alicyclic amines) is 1. The van der Waals surface area contributed by atoms with E-state index in [9.17, 15) is 4.79 Å². The largest absolute Gasteiger partial charge is 0.341 e. The van der Waals surface area contributed by atoms with Crippen molar-refractivity contribution in [2.75, 3.05) is 13.1 Å². The maximum absolute atomic E-state index is 11.9. The van der Waals surface area contributed by atoms with E-state index in [1.54, 1.807) is 17.0 Å². The number of hydrogen-bond donors (Lipinski definition) is 0. The summed E-state index contributed by atoms with van der Waals surface area (Å²) in [6.07, 6.45) is 1.22. The maximum Gasteiger partial charge on any atom is 0.227 e. The Morgan fingerprint density at radius 2 is 2.12 bits per heavy atom. The van der Waals surface area contributed by atoms with Gasteiger partial charge in [-0.15, -0.1) is 11.6 Å². The zero-order chi connectivity index (χ0) is 12.4. The Morgan fingerprint density at radius 3 is 2.71 bits per heavy atom. The van der Waals surface area contributed by atoms with Gasteiger partial charge in [0.1, 0.15) is 0 Å². The number of alkyl halides is 1. The first kappa shape index (κ1) is 13.0. The fourth-order valence-corrected chi connectivity index (χ4v) is 2.47. The number of nitrogens with zero attached hydrogens (tertiary/aromatic N) is 1. The van der Waals surface area contributed by atoms with Crippen LogP contribution in [0.3, 0.4) is 0 Å². The highest BCUT2D eigenvalue weighted by atomic mass is 35.5. The van der Waals surface area contributed by atoms with E-state index >= 15 is 0 Å². The van der Waals surface area contributed by atoms with Crippen molar-refractivity contribution in [2.24, 2.45) is 0 Å². The van der Waals surface area contributed by atoms with Gasteiger partial charge in [0, 0.05) is 13.1 Å². The zero-order valence-corrected chi connectivity index (χ0v) is 11.4. The summed E-state index contributed by atoms with van der Waals surface area (Å²) in [6, 6.07) is 5.26. The molecule has 0 N–H and O–H groups in total. The molecule has 1 heterocycles. The molecule has 1 unspecified atom stereocenters. The molecule has 0 aliphatic carbocycles. The van der Waals surface area contributed by atoms with Crippen molar-refractivity contribution in [3.63, 3.8) is 0 Å². The van der Waals surface area contributed by atoms with E-state index in [-0.39, 0.29) is 11.3 Å². The minimum absolute atomic E-state index is 0.0894. The Bertz CT molecular complexity index is 436. The minimum atomic E-state index is 0.0894. The molecule has 5 heteroatoms. The van der Waals surface area contributed by atoms with Crippen molar-refractivity contribution in [3.8, 4) is 0 Å². The van der Waals surface area contributed by atoms with Crippen LogP contribution >= 0.6 is 34.8 Å². The molecule has 1 aromatic rings. The van der Waals surface area contributed by atoms with E-state index in [0.717, 1.165) is 18.5 Å². The van der Waals surface area contributed by atoms with Crippen LogP contribution in [0.25, 0.3) is 0 Å². The molecule has 2 rings (SSSR count).